The second kappa shape index (κ2) is 6.82. The Morgan fingerprint density at radius 1 is 1.07 bits per heavy atom. The quantitative estimate of drug-likeness (QED) is 0.689. The highest BCUT2D eigenvalue weighted by Crippen LogP contribution is 2.10. The third kappa shape index (κ3) is 5.22. The van der Waals surface area contributed by atoms with Gasteiger partial charge >= 0.3 is 5.97 Å². The highest BCUT2D eigenvalue weighted by Gasteiger charge is 2.08. The van der Waals surface area contributed by atoms with Crippen LogP contribution in [0.2, 0.25) is 0 Å². The van der Waals surface area contributed by atoms with E-state index < -0.39 is 5.97 Å². The molecule has 0 aromatic carbocycles. The monoisotopic (exact) mass is 199 g/mol. The Bertz CT molecular complexity index is 163. The summed E-state index contributed by atoms with van der Waals surface area (Å²) in [6.45, 7) is 3.52. The fraction of sp³-hybridized carbons (Fsp3) is 0.909. The molecule has 0 radical (unpaired) electrons. The van der Waals surface area contributed by atoms with Gasteiger partial charge in [0.2, 0.25) is 0 Å². The molecule has 1 aliphatic heterocycles. The lowest BCUT2D eigenvalue weighted by molar-refractivity contribution is -0.137. The van der Waals surface area contributed by atoms with Crippen LogP contribution in [0.1, 0.15) is 44.9 Å². The van der Waals surface area contributed by atoms with Crippen molar-refractivity contribution < 1.29 is 9.90 Å². The third-order valence-electron chi connectivity index (χ3n) is 2.81. The number of carboxylic acid groups (broad SMARTS) is 1. The average Bonchev–Trinajstić information content (AvgIpc) is 2.40. The number of unbranched alkanes of at least 4 members (excludes halogenated alkanes) is 1. The van der Waals surface area contributed by atoms with Gasteiger partial charge in [0.15, 0.2) is 0 Å². The smallest absolute Gasteiger partial charge is 0.303 e. The molecule has 82 valence electrons. The van der Waals surface area contributed by atoms with Gasteiger partial charge in [0, 0.05) is 6.42 Å². The van der Waals surface area contributed by atoms with Crippen LogP contribution in [-0.4, -0.2) is 35.6 Å². The van der Waals surface area contributed by atoms with Gasteiger partial charge in [-0.1, -0.05) is 12.8 Å². The topological polar surface area (TPSA) is 40.5 Å². The molecule has 0 saturated carbocycles. The van der Waals surface area contributed by atoms with Crippen LogP contribution >= 0.6 is 0 Å². The van der Waals surface area contributed by atoms with Crippen molar-refractivity contribution >= 4 is 5.97 Å². The van der Waals surface area contributed by atoms with Gasteiger partial charge in [0.05, 0.1) is 0 Å². The van der Waals surface area contributed by atoms with Crippen LogP contribution in [0.3, 0.4) is 0 Å². The van der Waals surface area contributed by atoms with E-state index in [0.717, 1.165) is 19.4 Å². The van der Waals surface area contributed by atoms with E-state index in [2.05, 4.69) is 4.90 Å². The standard InChI is InChI=1S/C11H21NO2/c13-11(14)7-3-6-10-12-8-4-1-2-5-9-12/h1-10H2,(H,13,14). The molecule has 1 saturated heterocycles. The van der Waals surface area contributed by atoms with E-state index in [4.69, 9.17) is 5.11 Å². The van der Waals surface area contributed by atoms with E-state index in [9.17, 15) is 4.79 Å². The minimum absolute atomic E-state index is 0.327. The van der Waals surface area contributed by atoms with Crippen molar-refractivity contribution in [2.75, 3.05) is 19.6 Å². The number of hydrogen-bond acceptors (Lipinski definition) is 2. The summed E-state index contributed by atoms with van der Waals surface area (Å²) >= 11 is 0. The molecule has 0 aliphatic carbocycles. The van der Waals surface area contributed by atoms with Crippen LogP contribution < -0.4 is 0 Å². The molecule has 1 rings (SSSR count). The lowest BCUT2D eigenvalue weighted by Crippen LogP contribution is -2.25. The average molecular weight is 199 g/mol. The largest absolute Gasteiger partial charge is 0.481 e. The normalized spacial score (nSPS) is 19.1. The number of carbonyl (C=O) groups is 1. The van der Waals surface area contributed by atoms with E-state index in [1.807, 2.05) is 0 Å². The number of hydrogen-bond donors (Lipinski definition) is 1. The minimum Gasteiger partial charge on any atom is -0.481 e. The third-order valence-corrected chi connectivity index (χ3v) is 2.81. The Balaban J connectivity index is 2.01. The van der Waals surface area contributed by atoms with Gasteiger partial charge in [0.1, 0.15) is 0 Å². The summed E-state index contributed by atoms with van der Waals surface area (Å²) in [6, 6.07) is 0. The van der Waals surface area contributed by atoms with Crippen molar-refractivity contribution in [3.05, 3.63) is 0 Å². The number of rotatable bonds is 5. The molecule has 0 atom stereocenters. The summed E-state index contributed by atoms with van der Waals surface area (Å²) in [4.78, 5) is 12.8. The Morgan fingerprint density at radius 2 is 1.71 bits per heavy atom. The lowest BCUT2D eigenvalue weighted by atomic mass is 10.2. The van der Waals surface area contributed by atoms with Crippen LogP contribution in [-0.2, 0) is 4.79 Å². The Hall–Kier alpha value is -0.570. The zero-order valence-corrected chi connectivity index (χ0v) is 8.87. The Kier molecular flexibility index (Phi) is 5.60. The van der Waals surface area contributed by atoms with E-state index in [-0.39, 0.29) is 0 Å². The Labute approximate surface area is 86.1 Å². The first kappa shape index (κ1) is 11.5. The number of carboxylic acids is 1. The molecule has 1 fully saturated rings. The first-order valence-corrected chi connectivity index (χ1v) is 5.73. The molecule has 0 spiro atoms. The van der Waals surface area contributed by atoms with Crippen molar-refractivity contribution in [2.45, 2.75) is 44.9 Å². The molecule has 1 aliphatic rings. The summed E-state index contributed by atoms with van der Waals surface area (Å²) in [5, 5.41) is 8.48. The molecule has 0 unspecified atom stereocenters. The zero-order chi connectivity index (χ0) is 10.2. The second-order valence-corrected chi connectivity index (χ2v) is 4.11. The van der Waals surface area contributed by atoms with Crippen LogP contribution in [0, 0.1) is 0 Å². The molecule has 0 bridgehead atoms. The van der Waals surface area contributed by atoms with Gasteiger partial charge in [-0.15, -0.1) is 0 Å². The number of aliphatic carboxylic acids is 1. The van der Waals surface area contributed by atoms with Gasteiger partial charge in [0.25, 0.3) is 0 Å². The van der Waals surface area contributed by atoms with Gasteiger partial charge in [-0.2, -0.15) is 0 Å². The second-order valence-electron chi connectivity index (χ2n) is 4.11. The van der Waals surface area contributed by atoms with Crippen LogP contribution in [0.15, 0.2) is 0 Å². The highest BCUT2D eigenvalue weighted by molar-refractivity contribution is 5.66. The molecule has 1 N–H and O–H groups in total. The van der Waals surface area contributed by atoms with Crippen molar-refractivity contribution in [3.8, 4) is 0 Å². The molecule has 3 heteroatoms. The minimum atomic E-state index is -0.666. The maximum Gasteiger partial charge on any atom is 0.303 e. The molecule has 0 aromatic heterocycles. The summed E-state index contributed by atoms with van der Waals surface area (Å²) in [5.74, 6) is -0.666. The summed E-state index contributed by atoms with van der Waals surface area (Å²) < 4.78 is 0. The molecule has 1 heterocycles. The first-order valence-electron chi connectivity index (χ1n) is 5.73. The Morgan fingerprint density at radius 3 is 2.29 bits per heavy atom. The van der Waals surface area contributed by atoms with Crippen LogP contribution in [0.5, 0.6) is 0 Å². The summed E-state index contributed by atoms with van der Waals surface area (Å²) in [5.41, 5.74) is 0. The molecular weight excluding hydrogens is 178 g/mol. The fourth-order valence-electron chi connectivity index (χ4n) is 1.97. The van der Waals surface area contributed by atoms with E-state index in [1.165, 1.54) is 38.8 Å². The van der Waals surface area contributed by atoms with Gasteiger partial charge in [-0.25, -0.2) is 0 Å². The number of nitrogens with zero attached hydrogens (tertiary/aromatic N) is 1. The maximum absolute atomic E-state index is 10.3. The van der Waals surface area contributed by atoms with E-state index in [1.54, 1.807) is 0 Å². The predicted octanol–water partition coefficient (Wildman–Crippen LogP) is 2.12. The molecule has 0 amide bonds. The molecule has 0 aromatic rings. The summed E-state index contributed by atoms with van der Waals surface area (Å²) in [7, 11) is 0. The lowest BCUT2D eigenvalue weighted by Gasteiger charge is -2.18. The van der Waals surface area contributed by atoms with Crippen LogP contribution in [0.25, 0.3) is 0 Å². The van der Waals surface area contributed by atoms with Crippen molar-refractivity contribution in [1.82, 2.24) is 4.90 Å². The van der Waals surface area contributed by atoms with Gasteiger partial charge < -0.3 is 10.0 Å². The molecule has 3 nitrogen and oxygen atoms in total. The fourth-order valence-corrected chi connectivity index (χ4v) is 1.97. The van der Waals surface area contributed by atoms with E-state index in [0.29, 0.717) is 6.42 Å². The van der Waals surface area contributed by atoms with Crippen molar-refractivity contribution in [1.29, 1.82) is 0 Å². The van der Waals surface area contributed by atoms with Gasteiger partial charge in [-0.3, -0.25) is 4.79 Å². The maximum atomic E-state index is 10.3. The van der Waals surface area contributed by atoms with Crippen molar-refractivity contribution in [2.24, 2.45) is 0 Å². The molecular formula is C11H21NO2. The number of likely N-dealkylation sites (tertiary alicyclic amines) is 1. The molecule has 14 heavy (non-hydrogen) atoms. The van der Waals surface area contributed by atoms with Crippen LogP contribution in [0.4, 0.5) is 0 Å². The predicted molar refractivity (Wildman–Crippen MR) is 56.4 cm³/mol. The highest BCUT2D eigenvalue weighted by atomic mass is 16.4. The summed E-state index contributed by atoms with van der Waals surface area (Å²) in [6.07, 6.45) is 7.56. The van der Waals surface area contributed by atoms with Crippen molar-refractivity contribution in [3.63, 3.8) is 0 Å². The SMILES string of the molecule is O=C(O)CCCCN1CCCCCC1. The first-order chi connectivity index (χ1) is 6.79. The van der Waals surface area contributed by atoms with E-state index >= 15 is 0 Å². The van der Waals surface area contributed by atoms with Gasteiger partial charge in [-0.05, 0) is 45.3 Å². The zero-order valence-electron chi connectivity index (χ0n) is 8.87.